The van der Waals surface area contributed by atoms with Crippen molar-refractivity contribution in [1.29, 1.82) is 0 Å². The van der Waals surface area contributed by atoms with Crippen molar-refractivity contribution >= 4 is 29.0 Å². The first-order valence-electron chi connectivity index (χ1n) is 8.29. The number of nitrogens with one attached hydrogen (secondary N) is 1. The zero-order valence-corrected chi connectivity index (χ0v) is 16.0. The molecule has 0 fully saturated rings. The number of hydrogen-bond donors (Lipinski definition) is 1. The van der Waals surface area contributed by atoms with Gasteiger partial charge in [0.05, 0.1) is 9.95 Å². The van der Waals surface area contributed by atoms with E-state index >= 15 is 0 Å². The van der Waals surface area contributed by atoms with Crippen LogP contribution in [0.5, 0.6) is 0 Å². The molecule has 1 aromatic carbocycles. The van der Waals surface area contributed by atoms with E-state index in [0.29, 0.717) is 6.54 Å². The minimum atomic E-state index is -1.55. The number of aromatic nitrogens is 1. The van der Waals surface area contributed by atoms with Crippen LogP contribution in [0.2, 0.25) is 5.02 Å². The number of ketones is 1. The Labute approximate surface area is 165 Å². The summed E-state index contributed by atoms with van der Waals surface area (Å²) in [5.41, 5.74) is -0.958. The molecule has 0 aliphatic carbocycles. The Morgan fingerprint density at radius 2 is 2.00 bits per heavy atom. The highest BCUT2D eigenvalue weighted by Crippen LogP contribution is 2.20. The fraction of sp³-hybridized carbons (Fsp3) is 0.278. The lowest BCUT2D eigenvalue weighted by Gasteiger charge is -2.19. The number of Topliss-reactive ketones (excluding diaryl/α,β-unsaturated/α-hetero) is 1. The third-order valence-corrected chi connectivity index (χ3v) is 4.10. The van der Waals surface area contributed by atoms with Crippen molar-refractivity contribution in [3.63, 3.8) is 0 Å². The SMILES string of the molecule is CN(C)CCNC(=O)C(C(=O)c1cccc([N+](=O)[O-])c1)n1cc(Cl)ccc1=O. The Morgan fingerprint density at radius 3 is 2.64 bits per heavy atom. The first-order chi connectivity index (χ1) is 13.2. The molecule has 10 heteroatoms. The van der Waals surface area contributed by atoms with Gasteiger partial charge in [0.1, 0.15) is 0 Å². The minimum Gasteiger partial charge on any atom is -0.353 e. The number of carbonyl (C=O) groups excluding carboxylic acids is 2. The van der Waals surface area contributed by atoms with Crippen LogP contribution in [0.3, 0.4) is 0 Å². The summed E-state index contributed by atoms with van der Waals surface area (Å²) in [5, 5.41) is 13.8. The summed E-state index contributed by atoms with van der Waals surface area (Å²) in [5.74, 6) is -1.46. The zero-order valence-electron chi connectivity index (χ0n) is 15.3. The largest absolute Gasteiger partial charge is 0.353 e. The first kappa shape index (κ1) is 21.3. The second kappa shape index (κ2) is 9.25. The molecule has 2 aromatic rings. The normalized spacial score (nSPS) is 11.9. The number of halogens is 1. The van der Waals surface area contributed by atoms with Gasteiger partial charge in [0.2, 0.25) is 0 Å². The smallest absolute Gasteiger partial charge is 0.270 e. The molecule has 0 aliphatic heterocycles. The fourth-order valence-electron chi connectivity index (χ4n) is 2.48. The van der Waals surface area contributed by atoms with Crippen LogP contribution in [0.15, 0.2) is 47.4 Å². The van der Waals surface area contributed by atoms with Crippen molar-refractivity contribution in [2.45, 2.75) is 6.04 Å². The second-order valence-electron chi connectivity index (χ2n) is 6.26. The maximum absolute atomic E-state index is 13.0. The number of pyridine rings is 1. The topological polar surface area (TPSA) is 115 Å². The Kier molecular flexibility index (Phi) is 7.02. The summed E-state index contributed by atoms with van der Waals surface area (Å²) in [7, 11) is 3.64. The summed E-state index contributed by atoms with van der Waals surface area (Å²) in [6.07, 6.45) is 1.19. The van der Waals surface area contributed by atoms with E-state index in [4.69, 9.17) is 11.6 Å². The van der Waals surface area contributed by atoms with Gasteiger partial charge in [-0.1, -0.05) is 23.7 Å². The van der Waals surface area contributed by atoms with E-state index in [0.717, 1.165) is 16.7 Å². The van der Waals surface area contributed by atoms with E-state index in [9.17, 15) is 24.5 Å². The lowest BCUT2D eigenvalue weighted by molar-refractivity contribution is -0.384. The van der Waals surface area contributed by atoms with Gasteiger partial charge in [-0.2, -0.15) is 0 Å². The highest BCUT2D eigenvalue weighted by molar-refractivity contribution is 6.30. The first-order valence-corrected chi connectivity index (χ1v) is 8.67. The van der Waals surface area contributed by atoms with Crippen molar-refractivity contribution in [3.05, 3.63) is 73.6 Å². The Morgan fingerprint density at radius 1 is 1.29 bits per heavy atom. The average Bonchev–Trinajstić information content (AvgIpc) is 2.64. The van der Waals surface area contributed by atoms with Gasteiger partial charge in [0.15, 0.2) is 11.8 Å². The zero-order chi connectivity index (χ0) is 20.8. The highest BCUT2D eigenvalue weighted by Gasteiger charge is 2.31. The predicted octanol–water partition coefficient (Wildman–Crippen LogP) is 1.51. The molecule has 1 heterocycles. The number of nitro benzene ring substituents is 1. The molecule has 0 spiro atoms. The molecule has 148 valence electrons. The van der Waals surface area contributed by atoms with Gasteiger partial charge in [-0.15, -0.1) is 0 Å². The molecule has 0 bridgehead atoms. The van der Waals surface area contributed by atoms with Gasteiger partial charge in [0, 0.05) is 43.0 Å². The number of likely N-dealkylation sites (N-methyl/N-ethyl adjacent to an activating group) is 1. The van der Waals surface area contributed by atoms with Crippen molar-refractivity contribution in [2.75, 3.05) is 27.2 Å². The Balaban J connectivity index is 2.45. The fourth-order valence-corrected chi connectivity index (χ4v) is 2.65. The summed E-state index contributed by atoms with van der Waals surface area (Å²) in [6.45, 7) is 0.772. The van der Waals surface area contributed by atoms with Gasteiger partial charge in [-0.05, 0) is 20.2 Å². The number of rotatable bonds is 8. The van der Waals surface area contributed by atoms with E-state index in [1.54, 1.807) is 0 Å². The summed E-state index contributed by atoms with van der Waals surface area (Å²) in [6, 6.07) is 5.93. The average molecular weight is 407 g/mol. The van der Waals surface area contributed by atoms with E-state index in [-0.39, 0.29) is 22.8 Å². The van der Waals surface area contributed by atoms with Gasteiger partial charge in [-0.25, -0.2) is 0 Å². The van der Waals surface area contributed by atoms with E-state index < -0.39 is 28.2 Å². The van der Waals surface area contributed by atoms with Crippen LogP contribution in [0.1, 0.15) is 16.4 Å². The molecule has 1 unspecified atom stereocenters. The third-order valence-electron chi connectivity index (χ3n) is 3.88. The molecule has 9 nitrogen and oxygen atoms in total. The lowest BCUT2D eigenvalue weighted by Crippen LogP contribution is -2.43. The number of carbonyl (C=O) groups is 2. The van der Waals surface area contributed by atoms with Gasteiger partial charge in [0.25, 0.3) is 17.2 Å². The molecule has 1 atom stereocenters. The van der Waals surface area contributed by atoms with E-state index in [1.807, 2.05) is 19.0 Å². The summed E-state index contributed by atoms with van der Waals surface area (Å²) < 4.78 is 0.925. The maximum Gasteiger partial charge on any atom is 0.270 e. The van der Waals surface area contributed by atoms with E-state index in [2.05, 4.69) is 5.32 Å². The third kappa shape index (κ3) is 5.24. The molecule has 0 saturated heterocycles. The molecular formula is C18H19ClN4O5. The quantitative estimate of drug-likeness (QED) is 0.307. The second-order valence-corrected chi connectivity index (χ2v) is 6.70. The van der Waals surface area contributed by atoms with Gasteiger partial charge in [-0.3, -0.25) is 29.1 Å². The van der Waals surface area contributed by atoms with Crippen LogP contribution < -0.4 is 10.9 Å². The molecule has 0 saturated carbocycles. The molecule has 1 N–H and O–H groups in total. The Bertz CT molecular complexity index is 957. The molecule has 2 rings (SSSR count). The lowest BCUT2D eigenvalue weighted by atomic mass is 10.0. The van der Waals surface area contributed by atoms with Crippen LogP contribution in [-0.2, 0) is 4.79 Å². The summed E-state index contributed by atoms with van der Waals surface area (Å²) >= 11 is 5.93. The van der Waals surface area contributed by atoms with Crippen LogP contribution in [-0.4, -0.2) is 53.3 Å². The molecule has 0 radical (unpaired) electrons. The van der Waals surface area contributed by atoms with Gasteiger partial charge < -0.3 is 10.2 Å². The van der Waals surface area contributed by atoms with E-state index in [1.165, 1.54) is 30.5 Å². The monoisotopic (exact) mass is 406 g/mol. The molecular weight excluding hydrogens is 388 g/mol. The van der Waals surface area contributed by atoms with Crippen molar-refractivity contribution in [3.8, 4) is 0 Å². The van der Waals surface area contributed by atoms with Crippen LogP contribution in [0.25, 0.3) is 0 Å². The number of amides is 1. The Hall–Kier alpha value is -3.04. The predicted molar refractivity (Wildman–Crippen MR) is 104 cm³/mol. The standard InChI is InChI=1S/C18H19ClN4O5/c1-21(2)9-8-20-18(26)16(22-11-13(19)6-7-15(22)24)17(25)12-4-3-5-14(10-12)23(27)28/h3-7,10-11,16H,8-9H2,1-2H3,(H,20,26). The van der Waals surface area contributed by atoms with Crippen molar-refractivity contribution in [1.82, 2.24) is 14.8 Å². The number of benzene rings is 1. The van der Waals surface area contributed by atoms with Crippen molar-refractivity contribution in [2.24, 2.45) is 0 Å². The van der Waals surface area contributed by atoms with Crippen LogP contribution >= 0.6 is 11.6 Å². The highest BCUT2D eigenvalue weighted by atomic mass is 35.5. The number of hydrogen-bond acceptors (Lipinski definition) is 6. The molecule has 28 heavy (non-hydrogen) atoms. The number of non-ortho nitro benzene ring substituents is 1. The number of nitrogens with zero attached hydrogens (tertiary/aromatic N) is 3. The molecule has 1 aromatic heterocycles. The van der Waals surface area contributed by atoms with Gasteiger partial charge >= 0.3 is 0 Å². The maximum atomic E-state index is 13.0. The minimum absolute atomic E-state index is 0.0613. The number of nitro groups is 1. The summed E-state index contributed by atoms with van der Waals surface area (Å²) in [4.78, 5) is 50.2. The molecule has 0 aliphatic rings. The van der Waals surface area contributed by atoms with Crippen molar-refractivity contribution < 1.29 is 14.5 Å². The van der Waals surface area contributed by atoms with Crippen LogP contribution in [0.4, 0.5) is 5.69 Å². The van der Waals surface area contributed by atoms with Crippen LogP contribution in [0, 0.1) is 10.1 Å². The molecule has 1 amide bonds.